The first-order valence-electron chi connectivity index (χ1n) is 17.4. The van der Waals surface area contributed by atoms with Gasteiger partial charge in [0, 0.05) is 52.1 Å². The van der Waals surface area contributed by atoms with Crippen molar-refractivity contribution in [3.05, 3.63) is 156 Å². The van der Waals surface area contributed by atoms with E-state index in [4.69, 9.17) is 0 Å². The molecule has 0 radical (unpaired) electrons. The van der Waals surface area contributed by atoms with Crippen LogP contribution in [0, 0.1) is 0 Å². The van der Waals surface area contributed by atoms with Crippen molar-refractivity contribution in [3.8, 4) is 41.8 Å². The molecule has 1 nitrogen and oxygen atoms in total. The highest BCUT2D eigenvalue weighted by molar-refractivity contribution is 7.83. The fourth-order valence-electron chi connectivity index (χ4n) is 8.45. The lowest BCUT2D eigenvalue weighted by atomic mass is 9.82. The summed E-state index contributed by atoms with van der Waals surface area (Å²) in [5.74, 6) is 0. The van der Waals surface area contributed by atoms with Gasteiger partial charge in [0.15, 0.2) is 0 Å². The molecule has 0 fully saturated rings. The van der Waals surface area contributed by atoms with Crippen LogP contribution in [0.2, 0.25) is 0 Å². The Balaban J connectivity index is 1.12. The van der Waals surface area contributed by atoms with E-state index in [1.807, 2.05) is 22.7 Å². The van der Waals surface area contributed by atoms with Crippen molar-refractivity contribution in [3.63, 3.8) is 0 Å². The van der Waals surface area contributed by atoms with Gasteiger partial charge in [0.1, 0.15) is 0 Å². The van der Waals surface area contributed by atoms with E-state index in [0.29, 0.717) is 0 Å². The number of anilines is 3. The fourth-order valence-corrected chi connectivity index (χ4v) is 11.8. The van der Waals surface area contributed by atoms with Crippen LogP contribution < -0.4 is 4.90 Å². The number of thiophene rings is 3. The molecule has 0 bridgehead atoms. The molecule has 5 heteroatoms. The van der Waals surface area contributed by atoms with Gasteiger partial charge in [-0.3, -0.25) is 0 Å². The summed E-state index contributed by atoms with van der Waals surface area (Å²) < 4.78 is 2.34. The maximum atomic E-state index is 4.54. The van der Waals surface area contributed by atoms with Crippen LogP contribution in [0.1, 0.15) is 49.9 Å². The highest BCUT2D eigenvalue weighted by atomic mass is 32.2. The van der Waals surface area contributed by atoms with Crippen molar-refractivity contribution in [1.29, 1.82) is 0 Å². The number of fused-ring (bicyclic) bond motifs is 7. The Labute approximate surface area is 316 Å². The molecule has 2 aliphatic carbocycles. The summed E-state index contributed by atoms with van der Waals surface area (Å²) in [5, 5.41) is 1.28. The minimum atomic E-state index is -0.0844. The van der Waals surface area contributed by atoms with Gasteiger partial charge < -0.3 is 4.90 Å². The molecular formula is C46H35NS4. The van der Waals surface area contributed by atoms with E-state index < -0.39 is 0 Å². The predicted molar refractivity (Wildman–Crippen MR) is 226 cm³/mol. The number of hydrogen-bond donors (Lipinski definition) is 1. The van der Waals surface area contributed by atoms with Crippen molar-refractivity contribution < 1.29 is 0 Å². The van der Waals surface area contributed by atoms with E-state index in [-0.39, 0.29) is 10.8 Å². The first-order valence-corrected chi connectivity index (χ1v) is 20.3. The maximum absolute atomic E-state index is 4.54. The fraction of sp³-hybridized carbons (Fsp3) is 0.130. The molecule has 0 saturated heterocycles. The summed E-state index contributed by atoms with van der Waals surface area (Å²) in [5.41, 5.74) is 14.3. The zero-order valence-electron chi connectivity index (χ0n) is 28.8. The normalized spacial score (nSPS) is 14.7. The lowest BCUT2D eigenvalue weighted by molar-refractivity contribution is 0.660. The van der Waals surface area contributed by atoms with Gasteiger partial charge in [0.25, 0.3) is 0 Å². The van der Waals surface area contributed by atoms with E-state index in [9.17, 15) is 0 Å². The Morgan fingerprint density at radius 2 is 0.922 bits per heavy atom. The molecule has 10 rings (SSSR count). The van der Waals surface area contributed by atoms with Crippen LogP contribution in [-0.2, 0) is 10.8 Å². The highest BCUT2D eigenvalue weighted by Gasteiger charge is 2.37. The lowest BCUT2D eigenvalue weighted by Gasteiger charge is -2.29. The van der Waals surface area contributed by atoms with E-state index >= 15 is 0 Å². The van der Waals surface area contributed by atoms with Crippen molar-refractivity contribution in [2.24, 2.45) is 0 Å². The molecule has 0 aliphatic heterocycles. The topological polar surface area (TPSA) is 3.24 Å². The quantitative estimate of drug-likeness (QED) is 0.173. The molecule has 0 amide bonds. The number of thiol groups is 1. The van der Waals surface area contributed by atoms with Crippen LogP contribution in [-0.4, -0.2) is 0 Å². The van der Waals surface area contributed by atoms with Crippen LogP contribution >= 0.6 is 46.6 Å². The molecule has 5 aromatic carbocycles. The second-order valence-corrected chi connectivity index (χ2v) is 18.8. The zero-order chi connectivity index (χ0) is 34.6. The molecule has 0 spiro atoms. The first kappa shape index (κ1) is 31.4. The third-order valence-corrected chi connectivity index (χ3v) is 15.0. The first-order chi connectivity index (χ1) is 24.7. The molecule has 3 heterocycles. The molecule has 0 unspecified atom stereocenters. The van der Waals surface area contributed by atoms with Gasteiger partial charge in [-0.2, -0.15) is 0 Å². The predicted octanol–water partition coefficient (Wildman–Crippen LogP) is 14.7. The van der Waals surface area contributed by atoms with Crippen LogP contribution in [0.25, 0.3) is 51.8 Å². The number of hydrogen-bond acceptors (Lipinski definition) is 5. The van der Waals surface area contributed by atoms with Crippen molar-refractivity contribution in [1.82, 2.24) is 0 Å². The monoisotopic (exact) mass is 729 g/mol. The van der Waals surface area contributed by atoms with Gasteiger partial charge in [-0.15, -0.1) is 46.6 Å². The van der Waals surface area contributed by atoms with Gasteiger partial charge in [0.05, 0.1) is 4.21 Å². The van der Waals surface area contributed by atoms with Crippen LogP contribution in [0.3, 0.4) is 0 Å². The molecule has 0 atom stereocenters. The van der Waals surface area contributed by atoms with E-state index in [2.05, 4.69) is 179 Å². The van der Waals surface area contributed by atoms with Gasteiger partial charge in [0.2, 0.25) is 0 Å². The molecule has 3 aromatic heterocycles. The number of rotatable bonds is 5. The van der Waals surface area contributed by atoms with Crippen molar-refractivity contribution in [2.45, 2.75) is 42.7 Å². The minimum absolute atomic E-state index is 0.0844. The van der Waals surface area contributed by atoms with E-state index in [1.54, 1.807) is 11.3 Å². The summed E-state index contributed by atoms with van der Waals surface area (Å²) in [4.78, 5) is 7.66. The Kier molecular flexibility index (Phi) is 6.95. The Hall–Kier alpha value is -4.39. The van der Waals surface area contributed by atoms with Crippen molar-refractivity contribution >= 4 is 73.8 Å². The van der Waals surface area contributed by atoms with Gasteiger partial charge >= 0.3 is 0 Å². The smallest absolute Gasteiger partial charge is 0.0574 e. The zero-order valence-corrected chi connectivity index (χ0v) is 32.2. The number of nitrogens with zero attached hydrogens (tertiary/aromatic N) is 1. The molecule has 248 valence electrons. The SMILES string of the molecule is CC1(C)c2ccccc2-c2ccc(N(c3ccc4c(c3)C(C)(C)c3ccccc3-4)c3ccc4cc(-c5ccc(-c6ccc(S)s6)s5)sc4c3)cc21. The molecule has 2 aliphatic rings. The second-order valence-electron chi connectivity index (χ2n) is 14.8. The van der Waals surface area contributed by atoms with Gasteiger partial charge in [-0.1, -0.05) is 94.4 Å². The summed E-state index contributed by atoms with van der Waals surface area (Å²) >= 11 is 10.0. The Morgan fingerprint density at radius 1 is 0.431 bits per heavy atom. The Morgan fingerprint density at radius 3 is 1.51 bits per heavy atom. The lowest BCUT2D eigenvalue weighted by Crippen LogP contribution is -2.18. The summed E-state index contributed by atoms with van der Waals surface area (Å²) in [7, 11) is 0. The third kappa shape index (κ3) is 4.79. The molecular weight excluding hydrogens is 695 g/mol. The third-order valence-electron chi connectivity index (χ3n) is 11.1. The van der Waals surface area contributed by atoms with Crippen molar-refractivity contribution in [2.75, 3.05) is 4.90 Å². The van der Waals surface area contributed by atoms with Crippen LogP contribution in [0.4, 0.5) is 17.1 Å². The molecule has 8 aromatic rings. The summed E-state index contributed by atoms with van der Waals surface area (Å²) in [6.07, 6.45) is 0. The molecule has 51 heavy (non-hydrogen) atoms. The second kappa shape index (κ2) is 11.3. The van der Waals surface area contributed by atoms with E-state index in [0.717, 1.165) is 4.21 Å². The van der Waals surface area contributed by atoms with Gasteiger partial charge in [-0.25, -0.2) is 0 Å². The van der Waals surface area contributed by atoms with Crippen LogP contribution in [0.5, 0.6) is 0 Å². The average molecular weight is 730 g/mol. The molecule has 0 saturated carbocycles. The molecule has 0 N–H and O–H groups in total. The number of benzene rings is 5. The maximum Gasteiger partial charge on any atom is 0.0574 e. The summed E-state index contributed by atoms with van der Waals surface area (Å²) in [6.45, 7) is 9.47. The highest BCUT2D eigenvalue weighted by Crippen LogP contribution is 2.53. The van der Waals surface area contributed by atoms with E-state index in [1.165, 1.54) is 91.2 Å². The van der Waals surface area contributed by atoms with Crippen LogP contribution in [0.15, 0.2) is 138 Å². The minimum Gasteiger partial charge on any atom is -0.310 e. The standard InChI is InChI=1S/C46H35NS4/c1-45(2)35-11-7-5-9-31(35)33-17-15-28(24-37(33)45)47(29-16-18-34-32-10-6-8-12-36(32)46(3,4)38(34)25-29)30-14-13-27-23-43(50-42(27)26-30)41-20-19-39(49-41)40-21-22-44(48)51-40/h5-26,48H,1-4H3. The average Bonchev–Trinajstić information content (AvgIpc) is 3.96. The summed E-state index contributed by atoms with van der Waals surface area (Å²) in [6, 6.07) is 50.2. The Bertz CT molecular complexity index is 2570. The largest absolute Gasteiger partial charge is 0.310 e. The van der Waals surface area contributed by atoms with Gasteiger partial charge in [-0.05, 0) is 117 Å².